The van der Waals surface area contributed by atoms with Crippen molar-refractivity contribution in [3.05, 3.63) is 46.8 Å². The van der Waals surface area contributed by atoms with Gasteiger partial charge in [0.15, 0.2) is 5.58 Å². The molecule has 23 heavy (non-hydrogen) atoms. The molecule has 0 aliphatic rings. The number of amides is 1. The molecule has 0 saturated carbocycles. The van der Waals surface area contributed by atoms with Crippen molar-refractivity contribution < 1.29 is 18.7 Å². The van der Waals surface area contributed by atoms with Gasteiger partial charge < -0.3 is 19.3 Å². The van der Waals surface area contributed by atoms with E-state index in [1.165, 1.54) is 19.1 Å². The first-order valence-corrected chi connectivity index (χ1v) is 6.92. The number of anilines is 1. The number of phenols is 1. The summed E-state index contributed by atoms with van der Waals surface area (Å²) in [4.78, 5) is 23.4. The number of carbonyl (C=O) groups excluding carboxylic acids is 1. The second-order valence-corrected chi connectivity index (χ2v) is 5.27. The summed E-state index contributed by atoms with van der Waals surface area (Å²) in [5, 5.41) is 13.7. The number of benzene rings is 2. The second kappa shape index (κ2) is 4.61. The van der Waals surface area contributed by atoms with Crippen LogP contribution in [-0.2, 0) is 4.79 Å². The number of rotatable bonds is 1. The van der Waals surface area contributed by atoms with Crippen molar-refractivity contribution >= 4 is 44.5 Å². The van der Waals surface area contributed by atoms with E-state index in [1.807, 2.05) is 0 Å². The first-order chi connectivity index (χ1) is 11.0. The molecule has 0 saturated heterocycles. The molecule has 0 aliphatic carbocycles. The van der Waals surface area contributed by atoms with Crippen LogP contribution in [0.5, 0.6) is 5.75 Å². The lowest BCUT2D eigenvalue weighted by Crippen LogP contribution is -2.05. The highest BCUT2D eigenvalue weighted by Gasteiger charge is 2.16. The Kier molecular flexibility index (Phi) is 2.68. The van der Waals surface area contributed by atoms with Gasteiger partial charge in [-0.1, -0.05) is 0 Å². The van der Waals surface area contributed by atoms with Gasteiger partial charge >= 0.3 is 5.63 Å². The van der Waals surface area contributed by atoms with Gasteiger partial charge in [-0.15, -0.1) is 0 Å². The van der Waals surface area contributed by atoms with Crippen LogP contribution < -0.4 is 10.9 Å². The van der Waals surface area contributed by atoms with Crippen molar-refractivity contribution in [3.8, 4) is 5.75 Å². The largest absolute Gasteiger partial charge is 0.508 e. The number of phenolic OH excluding ortho intramolecular Hbond substituents is 1. The topological polar surface area (TPSA) is 92.7 Å². The highest BCUT2D eigenvalue weighted by molar-refractivity contribution is 6.13. The summed E-state index contributed by atoms with van der Waals surface area (Å²) in [5.74, 6) is -0.190. The zero-order valence-corrected chi connectivity index (χ0v) is 12.0. The van der Waals surface area contributed by atoms with E-state index in [0.29, 0.717) is 33.0 Å². The second-order valence-electron chi connectivity index (χ2n) is 5.27. The predicted molar refractivity (Wildman–Crippen MR) is 85.7 cm³/mol. The van der Waals surface area contributed by atoms with Crippen LogP contribution in [0.1, 0.15) is 6.92 Å². The lowest BCUT2D eigenvalue weighted by molar-refractivity contribution is -0.114. The Morgan fingerprint density at radius 2 is 1.78 bits per heavy atom. The highest BCUT2D eigenvalue weighted by atomic mass is 16.4. The third-order valence-electron chi connectivity index (χ3n) is 3.63. The smallest absolute Gasteiger partial charge is 0.348 e. The summed E-state index contributed by atoms with van der Waals surface area (Å²) in [7, 11) is 0. The van der Waals surface area contributed by atoms with Crippen molar-refractivity contribution in [1.29, 1.82) is 0 Å². The Labute approximate surface area is 128 Å². The van der Waals surface area contributed by atoms with Gasteiger partial charge in [-0.2, -0.15) is 0 Å². The predicted octanol–water partition coefficient (Wildman–Crippen LogP) is 3.36. The summed E-state index contributed by atoms with van der Waals surface area (Å²) < 4.78 is 11.1. The lowest BCUT2D eigenvalue weighted by atomic mass is 10.1. The van der Waals surface area contributed by atoms with E-state index in [4.69, 9.17) is 8.83 Å². The molecule has 6 heteroatoms. The summed E-state index contributed by atoms with van der Waals surface area (Å²) >= 11 is 0. The third-order valence-corrected chi connectivity index (χ3v) is 3.63. The first-order valence-electron chi connectivity index (χ1n) is 6.92. The van der Waals surface area contributed by atoms with Crippen LogP contribution >= 0.6 is 0 Å². The fourth-order valence-corrected chi connectivity index (χ4v) is 2.70. The van der Waals surface area contributed by atoms with E-state index in [2.05, 4.69) is 5.32 Å². The molecule has 2 heterocycles. The van der Waals surface area contributed by atoms with E-state index >= 15 is 0 Å². The van der Waals surface area contributed by atoms with Crippen molar-refractivity contribution in [1.82, 2.24) is 0 Å². The molecule has 2 N–H and O–H groups in total. The Bertz CT molecular complexity index is 1150. The number of hydrogen-bond donors (Lipinski definition) is 2. The summed E-state index contributed by atoms with van der Waals surface area (Å²) in [6, 6.07) is 9.55. The van der Waals surface area contributed by atoms with Crippen molar-refractivity contribution in [2.75, 3.05) is 5.32 Å². The number of carbonyl (C=O) groups is 1. The molecule has 1 amide bonds. The Morgan fingerprint density at radius 1 is 1.04 bits per heavy atom. The number of furan rings is 1. The highest BCUT2D eigenvalue weighted by Crippen LogP contribution is 2.33. The Hall–Kier alpha value is -3.28. The molecule has 0 radical (unpaired) electrons. The molecule has 0 bridgehead atoms. The average Bonchev–Trinajstić information content (AvgIpc) is 2.85. The van der Waals surface area contributed by atoms with Crippen LogP contribution in [-0.4, -0.2) is 11.0 Å². The molecule has 0 spiro atoms. The minimum absolute atomic E-state index is 0.00376. The summed E-state index contributed by atoms with van der Waals surface area (Å²) in [6.07, 6.45) is 0. The number of nitrogens with one attached hydrogen (secondary N) is 1. The van der Waals surface area contributed by atoms with E-state index < -0.39 is 5.63 Å². The quantitative estimate of drug-likeness (QED) is 0.526. The van der Waals surface area contributed by atoms with Crippen LogP contribution in [0.15, 0.2) is 50.0 Å². The van der Waals surface area contributed by atoms with Crippen molar-refractivity contribution in [2.24, 2.45) is 0 Å². The maximum absolute atomic E-state index is 12.3. The van der Waals surface area contributed by atoms with Gasteiger partial charge in [-0.3, -0.25) is 4.79 Å². The van der Waals surface area contributed by atoms with Crippen LogP contribution in [0.2, 0.25) is 0 Å². The molecule has 0 atom stereocenters. The van der Waals surface area contributed by atoms with Crippen LogP contribution in [0.3, 0.4) is 0 Å². The van der Waals surface area contributed by atoms with Gasteiger partial charge in [-0.25, -0.2) is 4.79 Å². The van der Waals surface area contributed by atoms with Gasteiger partial charge in [0.2, 0.25) is 5.91 Å². The van der Waals surface area contributed by atoms with Gasteiger partial charge in [0.25, 0.3) is 0 Å². The number of hydrogen-bond acceptors (Lipinski definition) is 5. The molecule has 4 aromatic rings. The van der Waals surface area contributed by atoms with Gasteiger partial charge in [-0.05, 0) is 24.3 Å². The maximum atomic E-state index is 12.3. The monoisotopic (exact) mass is 309 g/mol. The van der Waals surface area contributed by atoms with E-state index in [1.54, 1.807) is 24.3 Å². The molecule has 2 aromatic carbocycles. The molecule has 6 nitrogen and oxygen atoms in total. The molecule has 114 valence electrons. The van der Waals surface area contributed by atoms with Gasteiger partial charge in [0.05, 0.1) is 5.39 Å². The van der Waals surface area contributed by atoms with E-state index in [9.17, 15) is 14.7 Å². The van der Waals surface area contributed by atoms with Gasteiger partial charge in [0, 0.05) is 30.1 Å². The molecule has 2 aromatic heterocycles. The molecular formula is C17H11NO5. The Morgan fingerprint density at radius 3 is 2.57 bits per heavy atom. The standard InChI is InChI=1S/C17H11NO5/c1-8(19)18-9-2-4-11-13(6-9)22-16-12-5-3-10(20)7-14(12)23-17(21)15(11)16/h2-7,20H,1H3,(H,18,19). The van der Waals surface area contributed by atoms with E-state index in [-0.39, 0.29) is 17.2 Å². The molecule has 4 rings (SSSR count). The minimum atomic E-state index is -0.538. The van der Waals surface area contributed by atoms with Crippen LogP contribution in [0.4, 0.5) is 5.69 Å². The maximum Gasteiger partial charge on any atom is 0.348 e. The van der Waals surface area contributed by atoms with E-state index in [0.717, 1.165) is 0 Å². The molecule has 0 fully saturated rings. The van der Waals surface area contributed by atoms with Crippen LogP contribution in [0.25, 0.3) is 32.9 Å². The molecular weight excluding hydrogens is 298 g/mol. The first kappa shape index (κ1) is 13.4. The molecule has 0 aliphatic heterocycles. The zero-order chi connectivity index (χ0) is 16.1. The van der Waals surface area contributed by atoms with Crippen LogP contribution in [0, 0.1) is 0 Å². The van der Waals surface area contributed by atoms with Gasteiger partial charge in [0.1, 0.15) is 22.3 Å². The minimum Gasteiger partial charge on any atom is -0.508 e. The van der Waals surface area contributed by atoms with Crippen molar-refractivity contribution in [2.45, 2.75) is 6.92 Å². The third kappa shape index (κ3) is 2.03. The zero-order valence-electron chi connectivity index (χ0n) is 12.0. The summed E-state index contributed by atoms with van der Waals surface area (Å²) in [5.41, 5.74) is 1.16. The lowest BCUT2D eigenvalue weighted by Gasteiger charge is -2.00. The Balaban J connectivity index is 2.10. The average molecular weight is 309 g/mol. The van der Waals surface area contributed by atoms with Crippen molar-refractivity contribution in [3.63, 3.8) is 0 Å². The fraction of sp³-hybridized carbons (Fsp3) is 0.0588. The number of fused-ring (bicyclic) bond motifs is 5. The summed E-state index contributed by atoms with van der Waals surface area (Å²) in [6.45, 7) is 1.41. The number of aromatic hydroxyl groups is 1. The normalized spacial score (nSPS) is 11.3. The molecule has 0 unspecified atom stereocenters. The SMILES string of the molecule is CC(=O)Nc1ccc2c(c1)oc1c3ccc(O)cc3oc(=O)c21. The fourth-order valence-electron chi connectivity index (χ4n) is 2.70.